The molecule has 7 nitrogen and oxygen atoms in total. The van der Waals surface area contributed by atoms with Crippen LogP contribution in [-0.2, 0) is 0 Å². The first-order valence-corrected chi connectivity index (χ1v) is 7.24. The summed E-state index contributed by atoms with van der Waals surface area (Å²) in [6.45, 7) is 9.62. The van der Waals surface area contributed by atoms with Gasteiger partial charge in [0.15, 0.2) is 0 Å². The van der Waals surface area contributed by atoms with Crippen molar-refractivity contribution >= 4 is 17.8 Å². The van der Waals surface area contributed by atoms with Crippen LogP contribution in [0.15, 0.2) is 0 Å². The molecule has 7 heteroatoms. The second-order valence-electron chi connectivity index (χ2n) is 4.34. The topological polar surface area (TPSA) is 77.4 Å². The van der Waals surface area contributed by atoms with Gasteiger partial charge in [-0.3, -0.25) is 0 Å². The lowest BCUT2D eigenvalue weighted by Gasteiger charge is -2.24. The molecule has 0 radical (unpaired) electrons. The highest BCUT2D eigenvalue weighted by Crippen LogP contribution is 2.16. The molecule has 1 rings (SSSR count). The molecule has 2 N–H and O–H groups in total. The van der Waals surface area contributed by atoms with Gasteiger partial charge in [-0.05, 0) is 27.2 Å². The quantitative estimate of drug-likeness (QED) is 0.698. The van der Waals surface area contributed by atoms with Crippen LogP contribution >= 0.6 is 0 Å². The van der Waals surface area contributed by atoms with Crippen LogP contribution in [0.3, 0.4) is 0 Å². The molecule has 0 amide bonds. The molecular formula is C13H26N6O. The Labute approximate surface area is 121 Å². The van der Waals surface area contributed by atoms with Crippen molar-refractivity contribution in [1.29, 1.82) is 0 Å². The van der Waals surface area contributed by atoms with Crippen molar-refractivity contribution in [3.05, 3.63) is 0 Å². The van der Waals surface area contributed by atoms with Crippen molar-refractivity contribution in [1.82, 2.24) is 15.0 Å². The summed E-state index contributed by atoms with van der Waals surface area (Å²) in [5.74, 6) is 1.91. The molecule has 0 aromatic carbocycles. The van der Waals surface area contributed by atoms with E-state index in [2.05, 4.69) is 45.9 Å². The Hall–Kier alpha value is -1.63. The van der Waals surface area contributed by atoms with Gasteiger partial charge in [-0.15, -0.1) is 0 Å². The zero-order valence-corrected chi connectivity index (χ0v) is 12.9. The fourth-order valence-electron chi connectivity index (χ4n) is 1.92. The highest BCUT2D eigenvalue weighted by atomic mass is 16.3. The SMILES string of the molecule is CCN(CC)c1nc(NC)nc(N(CC)CCCO)n1. The molecule has 0 saturated carbocycles. The summed E-state index contributed by atoms with van der Waals surface area (Å²) in [6.07, 6.45) is 0.703. The largest absolute Gasteiger partial charge is 0.396 e. The number of aromatic nitrogens is 3. The summed E-state index contributed by atoms with van der Waals surface area (Å²) in [6, 6.07) is 0. The van der Waals surface area contributed by atoms with E-state index in [-0.39, 0.29) is 6.61 Å². The summed E-state index contributed by atoms with van der Waals surface area (Å²) in [4.78, 5) is 17.5. The average Bonchev–Trinajstić information content (AvgIpc) is 2.49. The molecule has 0 saturated heterocycles. The highest BCUT2D eigenvalue weighted by molar-refractivity contribution is 5.44. The van der Waals surface area contributed by atoms with Crippen LogP contribution in [0.2, 0.25) is 0 Å². The van der Waals surface area contributed by atoms with Gasteiger partial charge in [-0.2, -0.15) is 15.0 Å². The summed E-state index contributed by atoms with van der Waals surface area (Å²) in [7, 11) is 1.80. The van der Waals surface area contributed by atoms with Gasteiger partial charge in [0, 0.05) is 39.8 Å². The summed E-state index contributed by atoms with van der Waals surface area (Å²) in [5.41, 5.74) is 0. The minimum Gasteiger partial charge on any atom is -0.396 e. The van der Waals surface area contributed by atoms with E-state index in [1.807, 2.05) is 4.90 Å². The fraction of sp³-hybridized carbons (Fsp3) is 0.769. The molecule has 1 heterocycles. The Balaban J connectivity index is 3.07. The van der Waals surface area contributed by atoms with Crippen molar-refractivity contribution in [2.24, 2.45) is 0 Å². The minimum atomic E-state index is 0.170. The van der Waals surface area contributed by atoms with Gasteiger partial charge in [0.25, 0.3) is 0 Å². The zero-order chi connectivity index (χ0) is 15.0. The van der Waals surface area contributed by atoms with Crippen molar-refractivity contribution in [3.63, 3.8) is 0 Å². The van der Waals surface area contributed by atoms with Gasteiger partial charge in [0.2, 0.25) is 17.8 Å². The molecule has 0 aliphatic rings. The van der Waals surface area contributed by atoms with Gasteiger partial charge >= 0.3 is 0 Å². The molecule has 0 bridgehead atoms. The van der Waals surface area contributed by atoms with Gasteiger partial charge < -0.3 is 20.2 Å². The summed E-state index contributed by atoms with van der Waals surface area (Å²) < 4.78 is 0. The molecule has 0 spiro atoms. The predicted molar refractivity (Wildman–Crippen MR) is 82.5 cm³/mol. The average molecular weight is 282 g/mol. The van der Waals surface area contributed by atoms with Crippen molar-refractivity contribution in [3.8, 4) is 0 Å². The molecular weight excluding hydrogens is 256 g/mol. The molecule has 0 aliphatic heterocycles. The van der Waals surface area contributed by atoms with Gasteiger partial charge in [-0.1, -0.05) is 0 Å². The third kappa shape index (κ3) is 4.19. The molecule has 0 unspecified atom stereocenters. The highest BCUT2D eigenvalue weighted by Gasteiger charge is 2.14. The number of hydrogen-bond acceptors (Lipinski definition) is 7. The summed E-state index contributed by atoms with van der Waals surface area (Å²) in [5, 5.41) is 12.0. The van der Waals surface area contributed by atoms with Crippen molar-refractivity contribution in [2.45, 2.75) is 27.2 Å². The third-order valence-electron chi connectivity index (χ3n) is 3.13. The lowest BCUT2D eigenvalue weighted by atomic mass is 10.4. The smallest absolute Gasteiger partial charge is 0.231 e. The predicted octanol–water partition coefficient (Wildman–Crippen LogP) is 0.968. The van der Waals surface area contributed by atoms with E-state index >= 15 is 0 Å². The van der Waals surface area contributed by atoms with Crippen molar-refractivity contribution < 1.29 is 5.11 Å². The van der Waals surface area contributed by atoms with Crippen LogP contribution in [0.1, 0.15) is 27.2 Å². The summed E-state index contributed by atoms with van der Waals surface area (Å²) >= 11 is 0. The van der Waals surface area contributed by atoms with E-state index in [0.717, 1.165) is 26.2 Å². The first-order valence-electron chi connectivity index (χ1n) is 7.24. The van der Waals surface area contributed by atoms with E-state index in [1.54, 1.807) is 7.05 Å². The van der Waals surface area contributed by atoms with Gasteiger partial charge in [-0.25, -0.2) is 0 Å². The molecule has 1 aromatic rings. The monoisotopic (exact) mass is 282 g/mol. The Morgan fingerprint density at radius 1 is 0.950 bits per heavy atom. The molecule has 114 valence electrons. The maximum Gasteiger partial charge on any atom is 0.231 e. The van der Waals surface area contributed by atoms with Crippen LogP contribution < -0.4 is 15.1 Å². The Kier molecular flexibility index (Phi) is 7.00. The van der Waals surface area contributed by atoms with Crippen LogP contribution in [0.4, 0.5) is 17.8 Å². The standard InChI is InChI=1S/C13H26N6O/c1-5-18(6-2)12-15-11(14-4)16-13(17-12)19(7-3)9-8-10-20/h20H,5-10H2,1-4H3,(H,14,15,16,17). The Morgan fingerprint density at radius 2 is 1.50 bits per heavy atom. The molecule has 0 aliphatic carbocycles. The third-order valence-corrected chi connectivity index (χ3v) is 3.13. The number of aliphatic hydroxyl groups excluding tert-OH is 1. The second kappa shape index (κ2) is 8.52. The first-order chi connectivity index (χ1) is 9.69. The second-order valence-corrected chi connectivity index (χ2v) is 4.34. The maximum atomic E-state index is 8.98. The Bertz CT molecular complexity index is 396. The normalized spacial score (nSPS) is 10.4. The number of nitrogens with zero attached hydrogens (tertiary/aromatic N) is 5. The van der Waals surface area contributed by atoms with Crippen LogP contribution in [0.5, 0.6) is 0 Å². The number of anilines is 3. The minimum absolute atomic E-state index is 0.170. The number of rotatable bonds is 9. The van der Waals surface area contributed by atoms with Crippen LogP contribution in [-0.4, -0.2) is 59.9 Å². The van der Waals surface area contributed by atoms with Gasteiger partial charge in [0.1, 0.15) is 0 Å². The van der Waals surface area contributed by atoms with Crippen LogP contribution in [0, 0.1) is 0 Å². The lowest BCUT2D eigenvalue weighted by Crippen LogP contribution is -2.30. The van der Waals surface area contributed by atoms with Gasteiger partial charge in [0.05, 0.1) is 0 Å². The first kappa shape index (κ1) is 16.4. The molecule has 1 aromatic heterocycles. The van der Waals surface area contributed by atoms with E-state index in [1.165, 1.54) is 0 Å². The Morgan fingerprint density at radius 3 is 1.95 bits per heavy atom. The maximum absolute atomic E-state index is 8.98. The molecule has 0 fully saturated rings. The van der Waals surface area contributed by atoms with Crippen molar-refractivity contribution in [2.75, 3.05) is 55.0 Å². The molecule has 0 atom stereocenters. The van der Waals surface area contributed by atoms with E-state index in [9.17, 15) is 0 Å². The van der Waals surface area contributed by atoms with E-state index < -0.39 is 0 Å². The number of nitrogens with one attached hydrogen (secondary N) is 1. The zero-order valence-electron chi connectivity index (χ0n) is 12.9. The van der Waals surface area contributed by atoms with E-state index in [0.29, 0.717) is 24.3 Å². The molecule has 20 heavy (non-hydrogen) atoms. The van der Waals surface area contributed by atoms with Crippen LogP contribution in [0.25, 0.3) is 0 Å². The lowest BCUT2D eigenvalue weighted by molar-refractivity contribution is 0.289. The number of hydrogen-bond donors (Lipinski definition) is 2. The number of aliphatic hydroxyl groups is 1. The fourth-order valence-corrected chi connectivity index (χ4v) is 1.92. The van der Waals surface area contributed by atoms with E-state index in [4.69, 9.17) is 5.11 Å².